The highest BCUT2D eigenvalue weighted by atomic mass is 16.7. The fraction of sp³-hybridized carbons (Fsp3) is 0.148. The Balaban J connectivity index is 1.50. The molecule has 33 heavy (non-hydrogen) atoms. The molecule has 0 N–H and O–H groups in total. The number of nitrogens with zero attached hydrogens (tertiary/aromatic N) is 2. The molecule has 0 aliphatic carbocycles. The van der Waals surface area contributed by atoms with Gasteiger partial charge in [0.2, 0.25) is 6.79 Å². The number of carbonyl (C=O) groups excluding carboxylic acids is 2. The lowest BCUT2D eigenvalue weighted by Crippen LogP contribution is -2.39. The van der Waals surface area contributed by atoms with E-state index >= 15 is 0 Å². The van der Waals surface area contributed by atoms with Crippen LogP contribution in [0.2, 0.25) is 0 Å². The van der Waals surface area contributed by atoms with Gasteiger partial charge in [-0.3, -0.25) is 9.59 Å². The van der Waals surface area contributed by atoms with Crippen LogP contribution in [-0.2, 0) is 11.2 Å². The van der Waals surface area contributed by atoms with E-state index in [1.54, 1.807) is 24.3 Å². The number of para-hydroxylation sites is 1. The number of benzene rings is 3. The highest BCUT2D eigenvalue weighted by Gasteiger charge is 2.47. The average molecular weight is 438 g/mol. The first-order chi connectivity index (χ1) is 16.1. The molecule has 5 rings (SSSR count). The van der Waals surface area contributed by atoms with Gasteiger partial charge in [0.1, 0.15) is 5.41 Å². The molecule has 2 heterocycles. The smallest absolute Gasteiger partial charge is 0.263 e. The lowest BCUT2D eigenvalue weighted by atomic mass is 9.77. The van der Waals surface area contributed by atoms with Crippen molar-refractivity contribution in [2.75, 3.05) is 11.8 Å². The molecule has 0 bridgehead atoms. The zero-order chi connectivity index (χ0) is 22.8. The van der Waals surface area contributed by atoms with E-state index in [0.29, 0.717) is 34.9 Å². The van der Waals surface area contributed by atoms with Crippen molar-refractivity contribution in [3.05, 3.63) is 102 Å². The van der Waals surface area contributed by atoms with Gasteiger partial charge in [0.15, 0.2) is 17.3 Å². The molecule has 0 radical (unpaired) electrons. The maximum atomic E-state index is 13.8. The van der Waals surface area contributed by atoms with Crippen molar-refractivity contribution < 1.29 is 19.1 Å². The molecule has 2 aliphatic heterocycles. The Labute approximate surface area is 191 Å². The number of hydrazone groups is 1. The molecule has 0 unspecified atom stereocenters. The summed E-state index contributed by atoms with van der Waals surface area (Å²) in [4.78, 5) is 26.8. The minimum Gasteiger partial charge on any atom is -0.454 e. The minimum atomic E-state index is -1.07. The summed E-state index contributed by atoms with van der Waals surface area (Å²) >= 11 is 0. The number of ether oxygens (including phenoxy) is 2. The fourth-order valence-electron chi connectivity index (χ4n) is 4.11. The van der Waals surface area contributed by atoms with Gasteiger partial charge in [-0.25, -0.2) is 0 Å². The van der Waals surface area contributed by atoms with Gasteiger partial charge in [-0.2, -0.15) is 10.1 Å². The number of ketones is 1. The molecule has 6 heteroatoms. The summed E-state index contributed by atoms with van der Waals surface area (Å²) in [6, 6.07) is 24.1. The van der Waals surface area contributed by atoms with Gasteiger partial charge in [-0.1, -0.05) is 54.6 Å². The van der Waals surface area contributed by atoms with E-state index < -0.39 is 5.41 Å². The van der Waals surface area contributed by atoms with Crippen molar-refractivity contribution in [2.24, 2.45) is 10.5 Å². The first-order valence-corrected chi connectivity index (χ1v) is 10.7. The van der Waals surface area contributed by atoms with Crippen LogP contribution in [0.5, 0.6) is 11.5 Å². The Hall–Kier alpha value is -4.19. The molecule has 2 aliphatic rings. The summed E-state index contributed by atoms with van der Waals surface area (Å²) < 4.78 is 10.7. The van der Waals surface area contributed by atoms with E-state index in [1.807, 2.05) is 67.6 Å². The van der Waals surface area contributed by atoms with E-state index in [4.69, 9.17) is 9.47 Å². The molecule has 3 aromatic carbocycles. The number of anilines is 1. The maximum Gasteiger partial charge on any atom is 0.263 e. The van der Waals surface area contributed by atoms with E-state index in [2.05, 4.69) is 5.10 Å². The third kappa shape index (κ3) is 3.80. The first-order valence-electron chi connectivity index (χ1n) is 10.7. The third-order valence-corrected chi connectivity index (χ3v) is 5.97. The molecule has 0 saturated heterocycles. The third-order valence-electron chi connectivity index (χ3n) is 5.97. The van der Waals surface area contributed by atoms with Crippen LogP contribution >= 0.6 is 0 Å². The highest BCUT2D eigenvalue weighted by Crippen LogP contribution is 2.38. The topological polar surface area (TPSA) is 68.2 Å². The monoisotopic (exact) mass is 438 g/mol. The van der Waals surface area contributed by atoms with Crippen LogP contribution in [-0.4, -0.2) is 24.2 Å². The van der Waals surface area contributed by atoms with Crippen LogP contribution in [0, 0.1) is 5.41 Å². The number of carbonyl (C=O) groups is 2. The Morgan fingerprint density at radius 2 is 1.70 bits per heavy atom. The molecule has 3 aromatic rings. The normalized spacial score (nSPS) is 19.2. The largest absolute Gasteiger partial charge is 0.454 e. The summed E-state index contributed by atoms with van der Waals surface area (Å²) in [6.45, 7) is 1.97. The molecular formula is C27H22N2O4. The van der Waals surface area contributed by atoms with Gasteiger partial charge in [0.25, 0.3) is 5.91 Å². The van der Waals surface area contributed by atoms with E-state index in [0.717, 1.165) is 5.56 Å². The molecule has 1 amide bonds. The van der Waals surface area contributed by atoms with Crippen LogP contribution in [0.1, 0.15) is 22.8 Å². The Morgan fingerprint density at radius 3 is 2.45 bits per heavy atom. The van der Waals surface area contributed by atoms with Gasteiger partial charge in [0.05, 0.1) is 11.4 Å². The van der Waals surface area contributed by atoms with E-state index in [9.17, 15) is 9.59 Å². The average Bonchev–Trinajstić information content (AvgIpc) is 3.42. The molecule has 0 aromatic heterocycles. The van der Waals surface area contributed by atoms with Crippen molar-refractivity contribution in [2.45, 2.75) is 13.3 Å². The standard InChI is InChI=1S/C27H22N2O4/c1-19-27(17-20-8-4-2-5-9-20,26(31)29(28-19)22-10-6-3-7-11-22)15-14-23(30)21-12-13-24-25(16-21)33-18-32-24/h2-16H,17-18H2,1H3/b15-14-/t27-/m0/s1. The van der Waals surface area contributed by atoms with Crippen LogP contribution in [0.4, 0.5) is 5.69 Å². The SMILES string of the molecule is CC1=NN(c2ccccc2)C(=O)[C@@]1(/C=C\C(=O)c1ccc2c(c1)OCO2)Cc1ccccc1. The van der Waals surface area contributed by atoms with Crippen molar-refractivity contribution in [3.8, 4) is 11.5 Å². The first kappa shape index (κ1) is 20.7. The molecule has 0 saturated carbocycles. The van der Waals surface area contributed by atoms with Gasteiger partial charge < -0.3 is 9.47 Å². The predicted octanol–water partition coefficient (Wildman–Crippen LogP) is 4.81. The Bertz CT molecular complexity index is 1270. The van der Waals surface area contributed by atoms with Crippen molar-refractivity contribution in [1.82, 2.24) is 0 Å². The quantitative estimate of drug-likeness (QED) is 0.409. The van der Waals surface area contributed by atoms with Crippen molar-refractivity contribution in [3.63, 3.8) is 0 Å². The molecule has 0 spiro atoms. The Morgan fingerprint density at radius 1 is 1.00 bits per heavy atom. The van der Waals surface area contributed by atoms with Gasteiger partial charge in [-0.15, -0.1) is 0 Å². The molecular weight excluding hydrogens is 416 g/mol. The lowest BCUT2D eigenvalue weighted by Gasteiger charge is -2.25. The fourth-order valence-corrected chi connectivity index (χ4v) is 4.11. The summed E-state index contributed by atoms with van der Waals surface area (Å²) in [5, 5.41) is 6.01. The van der Waals surface area contributed by atoms with Crippen LogP contribution in [0.3, 0.4) is 0 Å². The second-order valence-corrected chi connectivity index (χ2v) is 8.04. The van der Waals surface area contributed by atoms with Crippen molar-refractivity contribution >= 4 is 23.1 Å². The molecule has 1 atom stereocenters. The molecule has 0 fully saturated rings. The summed E-state index contributed by atoms with van der Waals surface area (Å²) in [5.41, 5.74) is 1.70. The van der Waals surface area contributed by atoms with Crippen molar-refractivity contribution in [1.29, 1.82) is 0 Å². The molecule has 6 nitrogen and oxygen atoms in total. The Kier molecular flexibility index (Phi) is 5.26. The number of amides is 1. The van der Waals surface area contributed by atoms with Gasteiger partial charge >= 0.3 is 0 Å². The number of fused-ring (bicyclic) bond motifs is 1. The number of rotatable bonds is 6. The van der Waals surface area contributed by atoms with Crippen LogP contribution in [0.25, 0.3) is 0 Å². The zero-order valence-corrected chi connectivity index (χ0v) is 18.1. The number of hydrogen-bond acceptors (Lipinski definition) is 5. The van der Waals surface area contributed by atoms with Gasteiger partial charge in [0, 0.05) is 5.56 Å². The summed E-state index contributed by atoms with van der Waals surface area (Å²) in [5.74, 6) is 0.742. The predicted molar refractivity (Wildman–Crippen MR) is 126 cm³/mol. The second kappa shape index (κ2) is 8.39. The van der Waals surface area contributed by atoms with Crippen LogP contribution < -0.4 is 14.5 Å². The summed E-state index contributed by atoms with van der Waals surface area (Å²) in [7, 11) is 0. The number of allylic oxidation sites excluding steroid dienone is 1. The van der Waals surface area contributed by atoms with E-state index in [-0.39, 0.29) is 18.5 Å². The number of hydrogen-bond donors (Lipinski definition) is 0. The van der Waals surface area contributed by atoms with E-state index in [1.165, 1.54) is 11.1 Å². The van der Waals surface area contributed by atoms with Gasteiger partial charge in [-0.05, 0) is 55.3 Å². The van der Waals surface area contributed by atoms with Crippen LogP contribution in [0.15, 0.2) is 96.1 Å². The zero-order valence-electron chi connectivity index (χ0n) is 18.1. The lowest BCUT2D eigenvalue weighted by molar-refractivity contribution is -0.122. The maximum absolute atomic E-state index is 13.8. The summed E-state index contributed by atoms with van der Waals surface area (Å²) in [6.07, 6.45) is 3.55. The molecule has 164 valence electrons. The highest BCUT2D eigenvalue weighted by molar-refractivity contribution is 6.21. The second-order valence-electron chi connectivity index (χ2n) is 8.04. The minimum absolute atomic E-state index is 0.141.